The molecule has 0 bridgehead atoms. The molecule has 17 heavy (non-hydrogen) atoms. The average Bonchev–Trinajstić information content (AvgIpc) is 2.72. The lowest BCUT2D eigenvalue weighted by Gasteiger charge is -2.09. The second kappa shape index (κ2) is 4.49. The van der Waals surface area contributed by atoms with E-state index >= 15 is 0 Å². The predicted molar refractivity (Wildman–Crippen MR) is 69.2 cm³/mol. The van der Waals surface area contributed by atoms with Crippen molar-refractivity contribution in [1.29, 1.82) is 0 Å². The molecule has 5 heteroatoms. The lowest BCUT2D eigenvalue weighted by Crippen LogP contribution is -2.04. The van der Waals surface area contributed by atoms with Crippen LogP contribution in [0.15, 0.2) is 22.8 Å². The highest BCUT2D eigenvalue weighted by molar-refractivity contribution is 9.10. The fourth-order valence-corrected chi connectivity index (χ4v) is 2.43. The molecule has 0 saturated carbocycles. The van der Waals surface area contributed by atoms with Gasteiger partial charge in [0.2, 0.25) is 0 Å². The van der Waals surface area contributed by atoms with E-state index in [0.29, 0.717) is 5.56 Å². The van der Waals surface area contributed by atoms with Crippen LogP contribution in [0.25, 0.3) is 10.9 Å². The molecule has 2 rings (SSSR count). The fourth-order valence-electron chi connectivity index (χ4n) is 1.77. The summed E-state index contributed by atoms with van der Waals surface area (Å²) in [4.78, 5) is 11.5. The number of nitrogens with zero attached hydrogens (tertiary/aromatic N) is 2. The Morgan fingerprint density at radius 1 is 1.47 bits per heavy atom. The molecule has 1 aromatic heterocycles. The number of methoxy groups -OCH3 is 1. The van der Waals surface area contributed by atoms with Gasteiger partial charge < -0.3 is 4.74 Å². The van der Waals surface area contributed by atoms with Gasteiger partial charge in [-0.25, -0.2) is 4.79 Å². The highest BCUT2D eigenvalue weighted by atomic mass is 79.9. The number of hydrogen-bond donors (Lipinski definition) is 0. The molecule has 90 valence electrons. The number of rotatable bonds is 2. The molecule has 0 spiro atoms. The Bertz CT molecular complexity index is 575. The second-order valence-electron chi connectivity index (χ2n) is 4.07. The summed E-state index contributed by atoms with van der Waals surface area (Å²) >= 11 is 3.47. The van der Waals surface area contributed by atoms with Crippen LogP contribution in [-0.4, -0.2) is 22.9 Å². The van der Waals surface area contributed by atoms with Crippen molar-refractivity contribution < 1.29 is 9.53 Å². The highest BCUT2D eigenvalue weighted by Crippen LogP contribution is 2.28. The van der Waals surface area contributed by atoms with Crippen molar-refractivity contribution in [1.82, 2.24) is 9.78 Å². The zero-order valence-corrected chi connectivity index (χ0v) is 11.5. The Balaban J connectivity index is 2.65. The van der Waals surface area contributed by atoms with Gasteiger partial charge in [0.05, 0.1) is 24.4 Å². The van der Waals surface area contributed by atoms with Gasteiger partial charge in [-0.2, -0.15) is 5.10 Å². The summed E-state index contributed by atoms with van der Waals surface area (Å²) in [5.74, 6) is -0.343. The van der Waals surface area contributed by atoms with Crippen molar-refractivity contribution >= 4 is 32.8 Å². The van der Waals surface area contributed by atoms with Gasteiger partial charge in [-0.15, -0.1) is 0 Å². The molecular formula is C12H13BrN2O2. The van der Waals surface area contributed by atoms with Crippen molar-refractivity contribution in [3.05, 3.63) is 28.4 Å². The van der Waals surface area contributed by atoms with Gasteiger partial charge in [0, 0.05) is 15.9 Å². The number of benzene rings is 1. The molecule has 0 radical (unpaired) electrons. The molecule has 1 aromatic carbocycles. The number of carbonyl (C=O) groups excluding carboxylic acids is 1. The van der Waals surface area contributed by atoms with Crippen molar-refractivity contribution in [3.63, 3.8) is 0 Å². The van der Waals surface area contributed by atoms with E-state index in [2.05, 4.69) is 34.9 Å². The Morgan fingerprint density at radius 3 is 2.76 bits per heavy atom. The summed E-state index contributed by atoms with van der Waals surface area (Å²) in [5, 5.41) is 5.24. The first-order valence-electron chi connectivity index (χ1n) is 5.29. The van der Waals surface area contributed by atoms with E-state index in [0.717, 1.165) is 15.4 Å². The van der Waals surface area contributed by atoms with Crippen LogP contribution in [0.2, 0.25) is 0 Å². The molecule has 0 amide bonds. The monoisotopic (exact) mass is 296 g/mol. The quantitative estimate of drug-likeness (QED) is 0.800. The molecule has 0 aliphatic heterocycles. The summed E-state index contributed by atoms with van der Waals surface area (Å²) in [5.41, 5.74) is 1.52. The van der Waals surface area contributed by atoms with Gasteiger partial charge in [0.1, 0.15) is 0 Å². The number of carbonyl (C=O) groups is 1. The first-order valence-corrected chi connectivity index (χ1v) is 6.09. The van der Waals surface area contributed by atoms with Crippen LogP contribution in [0.4, 0.5) is 0 Å². The van der Waals surface area contributed by atoms with Crippen LogP contribution >= 0.6 is 15.9 Å². The minimum absolute atomic E-state index is 0.271. The van der Waals surface area contributed by atoms with Crippen molar-refractivity contribution in [3.8, 4) is 0 Å². The minimum atomic E-state index is -0.343. The highest BCUT2D eigenvalue weighted by Gasteiger charge is 2.14. The number of ether oxygens (including phenoxy) is 1. The lowest BCUT2D eigenvalue weighted by atomic mass is 10.1. The standard InChI is InChI=1S/C12H13BrN2O2/c1-7(2)15-11-9(6-14-15)4-8(5-10(11)13)12(16)17-3/h4-7H,1-3H3. The molecule has 0 aliphatic rings. The SMILES string of the molecule is COC(=O)c1cc(Br)c2c(cnn2C(C)C)c1. The molecule has 0 fully saturated rings. The summed E-state index contributed by atoms with van der Waals surface area (Å²) < 4.78 is 7.47. The average molecular weight is 297 g/mol. The maximum atomic E-state index is 11.5. The Labute approximate surface area is 108 Å². The number of hydrogen-bond acceptors (Lipinski definition) is 3. The number of esters is 1. The van der Waals surface area contributed by atoms with Gasteiger partial charge >= 0.3 is 5.97 Å². The Kier molecular flexibility index (Phi) is 3.19. The predicted octanol–water partition coefficient (Wildman–Crippen LogP) is 3.17. The third-order valence-electron chi connectivity index (χ3n) is 2.55. The zero-order valence-electron chi connectivity index (χ0n) is 9.90. The summed E-state index contributed by atoms with van der Waals surface area (Å²) in [7, 11) is 1.37. The van der Waals surface area contributed by atoms with Gasteiger partial charge in [0.15, 0.2) is 0 Å². The summed E-state index contributed by atoms with van der Waals surface area (Å²) in [6.07, 6.45) is 1.76. The fraction of sp³-hybridized carbons (Fsp3) is 0.333. The van der Waals surface area contributed by atoms with E-state index in [9.17, 15) is 4.79 Å². The summed E-state index contributed by atoms with van der Waals surface area (Å²) in [6, 6.07) is 3.82. The van der Waals surface area contributed by atoms with E-state index in [4.69, 9.17) is 4.74 Å². The molecule has 0 aliphatic carbocycles. The third-order valence-corrected chi connectivity index (χ3v) is 3.16. The van der Waals surface area contributed by atoms with Gasteiger partial charge in [-0.3, -0.25) is 4.68 Å². The first-order chi connectivity index (χ1) is 8.04. The Hall–Kier alpha value is -1.36. The van der Waals surface area contributed by atoms with Crippen molar-refractivity contribution in [2.75, 3.05) is 7.11 Å². The first kappa shape index (κ1) is 12.1. The maximum absolute atomic E-state index is 11.5. The van der Waals surface area contributed by atoms with E-state index in [-0.39, 0.29) is 12.0 Å². The van der Waals surface area contributed by atoms with Crippen LogP contribution in [0.5, 0.6) is 0 Å². The number of fused-ring (bicyclic) bond motifs is 1. The Morgan fingerprint density at radius 2 is 2.18 bits per heavy atom. The minimum Gasteiger partial charge on any atom is -0.465 e. The van der Waals surface area contributed by atoms with Crippen LogP contribution in [0.3, 0.4) is 0 Å². The number of halogens is 1. The normalized spacial score (nSPS) is 11.1. The summed E-state index contributed by atoms with van der Waals surface area (Å²) in [6.45, 7) is 4.13. The van der Waals surface area contributed by atoms with Crippen LogP contribution in [-0.2, 0) is 4.74 Å². The van der Waals surface area contributed by atoms with E-state index in [1.807, 2.05) is 4.68 Å². The van der Waals surface area contributed by atoms with E-state index < -0.39 is 0 Å². The third kappa shape index (κ3) is 2.07. The van der Waals surface area contributed by atoms with Gasteiger partial charge in [0.25, 0.3) is 0 Å². The van der Waals surface area contributed by atoms with Crippen LogP contribution in [0, 0.1) is 0 Å². The molecule has 0 saturated heterocycles. The molecule has 1 heterocycles. The smallest absolute Gasteiger partial charge is 0.337 e. The largest absolute Gasteiger partial charge is 0.465 e. The van der Waals surface area contributed by atoms with Crippen LogP contribution < -0.4 is 0 Å². The van der Waals surface area contributed by atoms with Gasteiger partial charge in [-0.1, -0.05) is 0 Å². The molecule has 4 nitrogen and oxygen atoms in total. The molecular weight excluding hydrogens is 284 g/mol. The van der Waals surface area contributed by atoms with E-state index in [1.165, 1.54) is 7.11 Å². The molecule has 0 unspecified atom stereocenters. The molecule has 0 atom stereocenters. The van der Waals surface area contributed by atoms with E-state index in [1.54, 1.807) is 18.3 Å². The zero-order chi connectivity index (χ0) is 12.6. The topological polar surface area (TPSA) is 44.1 Å². The molecule has 0 N–H and O–H groups in total. The van der Waals surface area contributed by atoms with Gasteiger partial charge in [-0.05, 0) is 41.9 Å². The maximum Gasteiger partial charge on any atom is 0.337 e. The lowest BCUT2D eigenvalue weighted by molar-refractivity contribution is 0.0601. The molecule has 2 aromatic rings. The van der Waals surface area contributed by atoms with Crippen LogP contribution in [0.1, 0.15) is 30.2 Å². The number of aromatic nitrogens is 2. The van der Waals surface area contributed by atoms with Crippen molar-refractivity contribution in [2.45, 2.75) is 19.9 Å². The van der Waals surface area contributed by atoms with Crippen molar-refractivity contribution in [2.24, 2.45) is 0 Å². The second-order valence-corrected chi connectivity index (χ2v) is 4.92.